The lowest BCUT2D eigenvalue weighted by Gasteiger charge is -2.18. The molecule has 0 aliphatic carbocycles. The fourth-order valence-corrected chi connectivity index (χ4v) is 1.54. The van der Waals surface area contributed by atoms with Crippen LogP contribution in [0.5, 0.6) is 5.75 Å². The highest BCUT2D eigenvalue weighted by atomic mass is 16.5. The van der Waals surface area contributed by atoms with E-state index in [1.807, 2.05) is 6.07 Å². The first kappa shape index (κ1) is 13.5. The smallest absolute Gasteiger partial charge is 0.136 e. The molecule has 1 rings (SSSR count). The van der Waals surface area contributed by atoms with Crippen molar-refractivity contribution in [3.05, 3.63) is 29.3 Å². The van der Waals surface area contributed by atoms with Crippen LogP contribution < -0.4 is 10.1 Å². The molecule has 0 spiro atoms. The highest BCUT2D eigenvalue weighted by Gasteiger charge is 2.18. The van der Waals surface area contributed by atoms with E-state index in [2.05, 4.69) is 5.32 Å². The first-order valence-corrected chi connectivity index (χ1v) is 5.22. The van der Waals surface area contributed by atoms with Gasteiger partial charge in [0.1, 0.15) is 17.9 Å². The van der Waals surface area contributed by atoms with Gasteiger partial charge in [0.25, 0.3) is 0 Å². The lowest BCUT2D eigenvalue weighted by atomic mass is 10.0. The number of ether oxygens (including phenoxy) is 1. The molecule has 0 aliphatic heterocycles. The minimum absolute atomic E-state index is 0.273. The Balaban J connectivity index is 2.96. The fraction of sp³-hybridized carbons (Fsp3) is 0.417. The van der Waals surface area contributed by atoms with Gasteiger partial charge in [0.2, 0.25) is 0 Å². The maximum Gasteiger partial charge on any atom is 0.136 e. The molecule has 0 heterocycles. The first-order chi connectivity index (χ1) is 8.13. The summed E-state index contributed by atoms with van der Waals surface area (Å²) in [6, 6.07) is 6.72. The van der Waals surface area contributed by atoms with E-state index in [1.165, 1.54) is 13.2 Å². The van der Waals surface area contributed by atoms with E-state index >= 15 is 0 Å². The maximum absolute atomic E-state index is 9.86. The molecule has 1 aromatic rings. The number of benzene rings is 1. The van der Waals surface area contributed by atoms with Crippen LogP contribution in [0.4, 0.5) is 0 Å². The molecule has 2 atom stereocenters. The van der Waals surface area contributed by atoms with E-state index in [-0.39, 0.29) is 6.54 Å². The molecule has 3 N–H and O–H groups in total. The molecule has 92 valence electrons. The average Bonchev–Trinajstić information content (AvgIpc) is 2.37. The van der Waals surface area contributed by atoms with Crippen molar-refractivity contribution in [2.45, 2.75) is 12.2 Å². The average molecular weight is 236 g/mol. The van der Waals surface area contributed by atoms with Crippen molar-refractivity contribution in [3.63, 3.8) is 0 Å². The van der Waals surface area contributed by atoms with Gasteiger partial charge in [-0.05, 0) is 24.7 Å². The van der Waals surface area contributed by atoms with Crippen molar-refractivity contribution in [2.24, 2.45) is 0 Å². The van der Waals surface area contributed by atoms with Crippen molar-refractivity contribution < 1.29 is 14.9 Å². The summed E-state index contributed by atoms with van der Waals surface area (Å²) in [5.74, 6) is 0.451. The maximum atomic E-state index is 9.86. The lowest BCUT2D eigenvalue weighted by molar-refractivity contribution is 0.0202. The van der Waals surface area contributed by atoms with E-state index in [0.717, 1.165) is 0 Å². The predicted octanol–water partition coefficient (Wildman–Crippen LogP) is 0.181. The number of hydrogen-bond acceptors (Lipinski definition) is 5. The molecule has 0 saturated heterocycles. The number of aliphatic hydroxyl groups excluding tert-OH is 2. The normalized spacial score (nSPS) is 13.8. The van der Waals surface area contributed by atoms with E-state index in [9.17, 15) is 10.2 Å². The van der Waals surface area contributed by atoms with Gasteiger partial charge < -0.3 is 20.3 Å². The monoisotopic (exact) mass is 236 g/mol. The van der Waals surface area contributed by atoms with E-state index in [4.69, 9.17) is 10.00 Å². The Labute approximate surface area is 100 Å². The Morgan fingerprint density at radius 1 is 1.47 bits per heavy atom. The number of nitrogens with zero attached hydrogens (tertiary/aromatic N) is 1. The Morgan fingerprint density at radius 3 is 2.71 bits per heavy atom. The largest absolute Gasteiger partial charge is 0.495 e. The summed E-state index contributed by atoms with van der Waals surface area (Å²) >= 11 is 0. The van der Waals surface area contributed by atoms with Crippen LogP contribution in [-0.2, 0) is 0 Å². The number of methoxy groups -OCH3 is 1. The molecule has 0 fully saturated rings. The van der Waals surface area contributed by atoms with Crippen molar-refractivity contribution in [1.82, 2.24) is 5.32 Å². The van der Waals surface area contributed by atoms with Crippen molar-refractivity contribution in [2.75, 3.05) is 20.7 Å². The molecule has 0 amide bonds. The third-order valence-corrected chi connectivity index (χ3v) is 2.46. The van der Waals surface area contributed by atoms with Gasteiger partial charge in [-0.2, -0.15) is 5.26 Å². The van der Waals surface area contributed by atoms with E-state index < -0.39 is 12.2 Å². The Hall–Kier alpha value is -1.61. The zero-order valence-electron chi connectivity index (χ0n) is 9.84. The van der Waals surface area contributed by atoms with Gasteiger partial charge in [-0.25, -0.2) is 0 Å². The van der Waals surface area contributed by atoms with Crippen LogP contribution in [0.25, 0.3) is 0 Å². The number of likely N-dealkylation sites (N-methyl/N-ethyl adjacent to an activating group) is 1. The molecule has 5 heteroatoms. The topological polar surface area (TPSA) is 85.5 Å². The van der Waals surface area contributed by atoms with Crippen LogP contribution in [0.3, 0.4) is 0 Å². The second-order valence-electron chi connectivity index (χ2n) is 3.64. The molecule has 0 saturated carbocycles. The molecular weight excluding hydrogens is 220 g/mol. The Morgan fingerprint density at radius 2 is 2.18 bits per heavy atom. The fourth-order valence-electron chi connectivity index (χ4n) is 1.54. The highest BCUT2D eigenvalue weighted by Crippen LogP contribution is 2.24. The van der Waals surface area contributed by atoms with Gasteiger partial charge in [-0.3, -0.25) is 0 Å². The molecule has 2 unspecified atom stereocenters. The molecule has 0 radical (unpaired) electrons. The third kappa shape index (κ3) is 3.17. The van der Waals surface area contributed by atoms with Gasteiger partial charge in [0, 0.05) is 6.54 Å². The van der Waals surface area contributed by atoms with Crippen LogP contribution in [-0.4, -0.2) is 37.0 Å². The van der Waals surface area contributed by atoms with Crippen molar-refractivity contribution in [3.8, 4) is 11.8 Å². The second-order valence-corrected chi connectivity index (χ2v) is 3.64. The molecular formula is C12H16N2O3. The summed E-state index contributed by atoms with van der Waals surface area (Å²) in [5.41, 5.74) is 0.825. The van der Waals surface area contributed by atoms with Crippen LogP contribution in [0, 0.1) is 11.3 Å². The zero-order valence-corrected chi connectivity index (χ0v) is 9.84. The van der Waals surface area contributed by atoms with Crippen molar-refractivity contribution >= 4 is 0 Å². The summed E-state index contributed by atoms with van der Waals surface area (Å²) in [7, 11) is 3.16. The van der Waals surface area contributed by atoms with Crippen LogP contribution in [0.15, 0.2) is 18.2 Å². The van der Waals surface area contributed by atoms with Gasteiger partial charge >= 0.3 is 0 Å². The minimum Gasteiger partial charge on any atom is -0.495 e. The van der Waals surface area contributed by atoms with Crippen molar-refractivity contribution in [1.29, 1.82) is 5.26 Å². The Kier molecular flexibility index (Phi) is 4.91. The number of rotatable bonds is 5. The summed E-state index contributed by atoms with van der Waals surface area (Å²) in [6.45, 7) is 0.273. The number of aliphatic hydroxyl groups is 2. The summed E-state index contributed by atoms with van der Waals surface area (Å²) < 4.78 is 5.00. The summed E-state index contributed by atoms with van der Waals surface area (Å²) in [5, 5.41) is 31.2. The highest BCUT2D eigenvalue weighted by molar-refractivity contribution is 5.46. The number of hydrogen-bond donors (Lipinski definition) is 3. The molecule has 0 aromatic heterocycles. The number of nitrogens with one attached hydrogen (secondary N) is 1. The van der Waals surface area contributed by atoms with E-state index in [1.54, 1.807) is 19.2 Å². The second kappa shape index (κ2) is 6.21. The SMILES string of the molecule is CNCC(O)C(O)c1ccc(OC)c(C#N)c1. The van der Waals surface area contributed by atoms with Crippen LogP contribution in [0.2, 0.25) is 0 Å². The Bertz CT molecular complexity index is 415. The molecule has 17 heavy (non-hydrogen) atoms. The molecule has 5 nitrogen and oxygen atoms in total. The first-order valence-electron chi connectivity index (χ1n) is 5.22. The minimum atomic E-state index is -1.03. The van der Waals surface area contributed by atoms with Gasteiger partial charge in [0.05, 0.1) is 18.8 Å². The molecule has 1 aromatic carbocycles. The number of nitriles is 1. The summed E-state index contributed by atoms with van der Waals surface area (Å²) in [4.78, 5) is 0. The van der Waals surface area contributed by atoms with Gasteiger partial charge in [-0.1, -0.05) is 6.07 Å². The van der Waals surface area contributed by atoms with Gasteiger partial charge in [-0.15, -0.1) is 0 Å². The predicted molar refractivity (Wildman–Crippen MR) is 62.6 cm³/mol. The van der Waals surface area contributed by atoms with Crippen LogP contribution >= 0.6 is 0 Å². The lowest BCUT2D eigenvalue weighted by Crippen LogP contribution is -2.29. The van der Waals surface area contributed by atoms with E-state index in [0.29, 0.717) is 16.9 Å². The molecule has 0 bridgehead atoms. The quantitative estimate of drug-likeness (QED) is 0.679. The standard InChI is InChI=1S/C12H16N2O3/c1-14-7-10(15)12(16)8-3-4-11(17-2)9(5-8)6-13/h3-5,10,12,14-16H,7H2,1-2H3. The zero-order chi connectivity index (χ0) is 12.8. The molecule has 0 aliphatic rings. The van der Waals surface area contributed by atoms with Crippen LogP contribution in [0.1, 0.15) is 17.2 Å². The third-order valence-electron chi connectivity index (χ3n) is 2.46. The summed E-state index contributed by atoms with van der Waals surface area (Å²) in [6.07, 6.45) is -1.94. The van der Waals surface area contributed by atoms with Gasteiger partial charge in [0.15, 0.2) is 0 Å².